The lowest BCUT2D eigenvalue weighted by Crippen LogP contribution is -2.21. The van der Waals surface area contributed by atoms with Gasteiger partial charge in [0.2, 0.25) is 0 Å². The molecule has 1 aromatic heterocycles. The maximum atomic E-state index is 6.06. The van der Waals surface area contributed by atoms with E-state index in [1.54, 1.807) is 6.20 Å². The minimum absolute atomic E-state index is 0.164. The molecular formula is C17H21BrN2O. The van der Waals surface area contributed by atoms with Crippen LogP contribution < -0.4 is 10.5 Å². The highest BCUT2D eigenvalue weighted by Crippen LogP contribution is 2.25. The molecule has 1 unspecified atom stereocenters. The summed E-state index contributed by atoms with van der Waals surface area (Å²) in [5.74, 6) is 0.915. The summed E-state index contributed by atoms with van der Waals surface area (Å²) in [5, 5.41) is 0. The molecule has 0 spiro atoms. The van der Waals surface area contributed by atoms with Crippen LogP contribution in [0.4, 0.5) is 0 Å². The van der Waals surface area contributed by atoms with E-state index in [1.165, 1.54) is 0 Å². The number of aromatic nitrogens is 1. The van der Waals surface area contributed by atoms with Crippen molar-refractivity contribution in [1.29, 1.82) is 0 Å². The maximum absolute atomic E-state index is 6.06. The highest BCUT2D eigenvalue weighted by molar-refractivity contribution is 9.10. The van der Waals surface area contributed by atoms with E-state index in [9.17, 15) is 0 Å². The Morgan fingerprint density at radius 3 is 2.86 bits per heavy atom. The molecule has 1 atom stereocenters. The summed E-state index contributed by atoms with van der Waals surface area (Å²) in [5.41, 5.74) is 8.26. The number of ether oxygens (including phenoxy) is 1. The second-order valence-electron chi connectivity index (χ2n) is 5.04. The summed E-state index contributed by atoms with van der Waals surface area (Å²) in [4.78, 5) is 4.30. The van der Waals surface area contributed by atoms with Crippen LogP contribution >= 0.6 is 15.9 Å². The van der Waals surface area contributed by atoms with Crippen LogP contribution in [0.2, 0.25) is 0 Å². The minimum Gasteiger partial charge on any atom is -0.493 e. The normalized spacial score (nSPS) is 12.1. The van der Waals surface area contributed by atoms with Gasteiger partial charge in [-0.1, -0.05) is 28.9 Å². The Morgan fingerprint density at radius 2 is 2.14 bits per heavy atom. The molecule has 0 bridgehead atoms. The zero-order chi connectivity index (χ0) is 15.1. The Hall–Kier alpha value is -1.39. The molecule has 0 radical (unpaired) electrons. The number of pyridine rings is 1. The highest BCUT2D eigenvalue weighted by atomic mass is 79.9. The van der Waals surface area contributed by atoms with Crippen molar-refractivity contribution < 1.29 is 4.74 Å². The van der Waals surface area contributed by atoms with Gasteiger partial charge in [-0.3, -0.25) is 4.98 Å². The Labute approximate surface area is 134 Å². The Balaban J connectivity index is 1.98. The molecule has 3 nitrogen and oxygen atoms in total. The Bertz CT molecular complexity index is 560. The lowest BCUT2D eigenvalue weighted by molar-refractivity contribution is 0.316. The molecule has 1 aromatic carbocycles. The zero-order valence-electron chi connectivity index (χ0n) is 12.3. The Kier molecular flexibility index (Phi) is 6.21. The fourth-order valence-corrected chi connectivity index (χ4v) is 2.50. The number of nitrogens with zero attached hydrogens (tertiary/aromatic N) is 1. The first kappa shape index (κ1) is 16.0. The Morgan fingerprint density at radius 1 is 1.29 bits per heavy atom. The van der Waals surface area contributed by atoms with E-state index in [2.05, 4.69) is 33.9 Å². The number of nitrogens with two attached hydrogens (primary N) is 1. The molecule has 0 aliphatic rings. The summed E-state index contributed by atoms with van der Waals surface area (Å²) in [7, 11) is 0. The molecule has 2 N–H and O–H groups in total. The summed E-state index contributed by atoms with van der Waals surface area (Å²) in [6.07, 6.45) is 4.39. The third-order valence-electron chi connectivity index (χ3n) is 3.37. The zero-order valence-corrected chi connectivity index (χ0v) is 13.8. The summed E-state index contributed by atoms with van der Waals surface area (Å²) in [6.45, 7) is 2.72. The van der Waals surface area contributed by atoms with Gasteiger partial charge in [0.15, 0.2) is 0 Å². The lowest BCUT2D eigenvalue weighted by atomic mass is 10.0. The average molecular weight is 349 g/mol. The first-order valence-electron chi connectivity index (χ1n) is 7.25. The fraction of sp³-hybridized carbons (Fsp3) is 0.353. The van der Waals surface area contributed by atoms with Crippen LogP contribution in [-0.4, -0.2) is 17.6 Å². The van der Waals surface area contributed by atoms with Crippen molar-refractivity contribution in [2.24, 2.45) is 5.73 Å². The minimum atomic E-state index is 0.164. The molecule has 2 aromatic rings. The van der Waals surface area contributed by atoms with Gasteiger partial charge in [0.25, 0.3) is 0 Å². The number of hydrogen-bond donors (Lipinski definition) is 1. The number of rotatable bonds is 7. The van der Waals surface area contributed by atoms with Crippen LogP contribution in [0, 0.1) is 0 Å². The highest BCUT2D eigenvalue weighted by Gasteiger charge is 2.09. The van der Waals surface area contributed by atoms with E-state index in [0.29, 0.717) is 6.61 Å². The second kappa shape index (κ2) is 8.15. The number of halogens is 1. The first-order valence-corrected chi connectivity index (χ1v) is 8.05. The molecule has 0 aliphatic carbocycles. The summed E-state index contributed by atoms with van der Waals surface area (Å²) in [6, 6.07) is 12.2. The average Bonchev–Trinajstić information content (AvgIpc) is 2.50. The third kappa shape index (κ3) is 5.14. The van der Waals surface area contributed by atoms with Crippen LogP contribution in [0.1, 0.15) is 24.6 Å². The molecule has 1 heterocycles. The van der Waals surface area contributed by atoms with Gasteiger partial charge in [-0.05, 0) is 48.7 Å². The van der Waals surface area contributed by atoms with Crippen molar-refractivity contribution in [2.75, 3.05) is 6.61 Å². The van der Waals surface area contributed by atoms with Crippen LogP contribution in [-0.2, 0) is 12.8 Å². The SMILES string of the molecule is CCC(N)Cc1cc(Br)ccc1OCCc1ccccn1. The summed E-state index contributed by atoms with van der Waals surface area (Å²) >= 11 is 3.51. The molecule has 0 amide bonds. The van der Waals surface area contributed by atoms with Gasteiger partial charge in [-0.2, -0.15) is 0 Å². The van der Waals surface area contributed by atoms with Gasteiger partial charge in [0, 0.05) is 28.8 Å². The monoisotopic (exact) mass is 348 g/mol. The van der Waals surface area contributed by atoms with E-state index < -0.39 is 0 Å². The van der Waals surface area contributed by atoms with E-state index in [1.807, 2.05) is 30.3 Å². The molecule has 0 saturated carbocycles. The molecule has 21 heavy (non-hydrogen) atoms. The molecule has 4 heteroatoms. The van der Waals surface area contributed by atoms with Gasteiger partial charge >= 0.3 is 0 Å². The van der Waals surface area contributed by atoms with Crippen molar-refractivity contribution >= 4 is 15.9 Å². The predicted octanol–water partition coefficient (Wildman–Crippen LogP) is 3.75. The van der Waals surface area contributed by atoms with Gasteiger partial charge in [0.1, 0.15) is 5.75 Å². The molecule has 112 valence electrons. The van der Waals surface area contributed by atoms with Crippen molar-refractivity contribution in [3.05, 3.63) is 58.3 Å². The van der Waals surface area contributed by atoms with Crippen molar-refractivity contribution in [2.45, 2.75) is 32.2 Å². The van der Waals surface area contributed by atoms with Gasteiger partial charge in [-0.25, -0.2) is 0 Å². The van der Waals surface area contributed by atoms with E-state index in [0.717, 1.165) is 40.7 Å². The van der Waals surface area contributed by atoms with E-state index >= 15 is 0 Å². The topological polar surface area (TPSA) is 48.1 Å². The molecule has 0 saturated heterocycles. The molecule has 0 aliphatic heterocycles. The third-order valence-corrected chi connectivity index (χ3v) is 3.86. The number of benzene rings is 1. The van der Waals surface area contributed by atoms with Crippen LogP contribution in [0.15, 0.2) is 47.1 Å². The standard InChI is InChI=1S/C17H21BrN2O/c1-2-15(19)12-13-11-14(18)6-7-17(13)21-10-8-16-5-3-4-9-20-16/h3-7,9,11,15H,2,8,10,12,19H2,1H3. The quantitative estimate of drug-likeness (QED) is 0.828. The second-order valence-corrected chi connectivity index (χ2v) is 5.96. The summed E-state index contributed by atoms with van der Waals surface area (Å²) < 4.78 is 6.98. The van der Waals surface area contributed by atoms with E-state index in [-0.39, 0.29) is 6.04 Å². The molecular weight excluding hydrogens is 328 g/mol. The molecule has 0 fully saturated rings. The maximum Gasteiger partial charge on any atom is 0.122 e. The number of hydrogen-bond acceptors (Lipinski definition) is 3. The van der Waals surface area contributed by atoms with E-state index in [4.69, 9.17) is 10.5 Å². The fourth-order valence-electron chi connectivity index (χ4n) is 2.09. The largest absolute Gasteiger partial charge is 0.493 e. The van der Waals surface area contributed by atoms with Crippen molar-refractivity contribution in [3.8, 4) is 5.75 Å². The van der Waals surface area contributed by atoms with Crippen LogP contribution in [0.25, 0.3) is 0 Å². The van der Waals surface area contributed by atoms with Crippen molar-refractivity contribution in [1.82, 2.24) is 4.98 Å². The van der Waals surface area contributed by atoms with Crippen LogP contribution in [0.5, 0.6) is 5.75 Å². The predicted molar refractivity (Wildman–Crippen MR) is 89.5 cm³/mol. The smallest absolute Gasteiger partial charge is 0.122 e. The molecule has 2 rings (SSSR count). The van der Waals surface area contributed by atoms with Gasteiger partial charge in [-0.15, -0.1) is 0 Å². The van der Waals surface area contributed by atoms with Crippen molar-refractivity contribution in [3.63, 3.8) is 0 Å². The van der Waals surface area contributed by atoms with Gasteiger partial charge in [0.05, 0.1) is 6.61 Å². The lowest BCUT2D eigenvalue weighted by Gasteiger charge is -2.15. The van der Waals surface area contributed by atoms with Crippen LogP contribution in [0.3, 0.4) is 0 Å². The van der Waals surface area contributed by atoms with Gasteiger partial charge < -0.3 is 10.5 Å². The first-order chi connectivity index (χ1) is 10.2.